The minimum absolute atomic E-state index is 0.220. The monoisotopic (exact) mass is 316 g/mol. The van der Waals surface area contributed by atoms with Crippen LogP contribution in [-0.4, -0.2) is 41.3 Å². The van der Waals surface area contributed by atoms with Crippen LogP contribution in [0.1, 0.15) is 19.8 Å². The molecule has 0 aliphatic rings. The Morgan fingerprint density at radius 2 is 1.86 bits per heavy atom. The van der Waals surface area contributed by atoms with Gasteiger partial charge in [-0.1, -0.05) is 6.92 Å². The highest BCUT2D eigenvalue weighted by Crippen LogP contribution is 2.15. The fourth-order valence-corrected chi connectivity index (χ4v) is 2.68. The Balaban J connectivity index is 2.42. The van der Waals surface area contributed by atoms with Gasteiger partial charge in [-0.2, -0.15) is 0 Å². The molecule has 120 valence electrons. The van der Waals surface area contributed by atoms with Gasteiger partial charge in [0.25, 0.3) is 0 Å². The lowest BCUT2D eigenvalue weighted by Crippen LogP contribution is -2.25. The summed E-state index contributed by atoms with van der Waals surface area (Å²) in [5.41, 5.74) is 5.33. The second kappa shape index (κ2) is 9.73. The van der Waals surface area contributed by atoms with Gasteiger partial charge < -0.3 is 15.2 Å². The predicted molar refractivity (Wildman–Crippen MR) is 81.9 cm³/mol. The molecule has 1 aromatic rings. The molecule has 21 heavy (non-hydrogen) atoms. The predicted octanol–water partition coefficient (Wildman–Crippen LogP) is 1.12. The molecule has 0 atom stereocenters. The molecule has 1 aromatic carbocycles. The summed E-state index contributed by atoms with van der Waals surface area (Å²) in [6, 6.07) is 6.27. The summed E-state index contributed by atoms with van der Waals surface area (Å²) in [6.45, 7) is 4.48. The van der Waals surface area contributed by atoms with Crippen LogP contribution in [0.3, 0.4) is 0 Å². The fourth-order valence-electron chi connectivity index (χ4n) is 1.60. The van der Waals surface area contributed by atoms with E-state index >= 15 is 0 Å². The van der Waals surface area contributed by atoms with Crippen LogP contribution in [0.4, 0.5) is 0 Å². The van der Waals surface area contributed by atoms with Gasteiger partial charge in [-0.25, -0.2) is 13.1 Å². The minimum Gasteiger partial charge on any atom is -0.492 e. The highest BCUT2D eigenvalue weighted by molar-refractivity contribution is 7.89. The van der Waals surface area contributed by atoms with Gasteiger partial charge in [0, 0.05) is 26.3 Å². The maximum atomic E-state index is 12.0. The van der Waals surface area contributed by atoms with Crippen molar-refractivity contribution in [1.29, 1.82) is 0 Å². The summed E-state index contributed by atoms with van der Waals surface area (Å²) in [7, 11) is -3.48. The van der Waals surface area contributed by atoms with E-state index in [-0.39, 0.29) is 4.90 Å². The van der Waals surface area contributed by atoms with Gasteiger partial charge in [0.15, 0.2) is 0 Å². The van der Waals surface area contributed by atoms with E-state index in [1.807, 2.05) is 6.92 Å². The Morgan fingerprint density at radius 3 is 2.48 bits per heavy atom. The van der Waals surface area contributed by atoms with E-state index in [9.17, 15) is 8.42 Å². The van der Waals surface area contributed by atoms with Crippen LogP contribution in [0, 0.1) is 0 Å². The number of hydrogen-bond acceptors (Lipinski definition) is 5. The lowest BCUT2D eigenvalue weighted by atomic mass is 10.3. The Hall–Kier alpha value is -1.15. The van der Waals surface area contributed by atoms with Crippen LogP contribution in [0.15, 0.2) is 29.2 Å². The summed E-state index contributed by atoms with van der Waals surface area (Å²) in [5, 5.41) is 0. The number of nitrogens with two attached hydrogens (primary N) is 1. The van der Waals surface area contributed by atoms with Gasteiger partial charge in [-0.05, 0) is 37.1 Å². The molecule has 0 amide bonds. The van der Waals surface area contributed by atoms with Crippen LogP contribution in [0.25, 0.3) is 0 Å². The molecule has 0 unspecified atom stereocenters. The van der Waals surface area contributed by atoms with Gasteiger partial charge in [0.05, 0.1) is 4.90 Å². The van der Waals surface area contributed by atoms with Crippen molar-refractivity contribution in [3.63, 3.8) is 0 Å². The number of rotatable bonds is 11. The number of hydrogen-bond donors (Lipinski definition) is 2. The lowest BCUT2D eigenvalue weighted by molar-refractivity contribution is 0.133. The van der Waals surface area contributed by atoms with Gasteiger partial charge in [-0.3, -0.25) is 0 Å². The molecule has 0 saturated carbocycles. The number of nitrogens with one attached hydrogen (secondary N) is 1. The molecule has 0 heterocycles. The van der Waals surface area contributed by atoms with E-state index in [4.69, 9.17) is 15.2 Å². The third kappa shape index (κ3) is 6.90. The molecule has 0 fully saturated rings. The van der Waals surface area contributed by atoms with Crippen molar-refractivity contribution in [3.05, 3.63) is 24.3 Å². The first-order valence-corrected chi connectivity index (χ1v) is 8.59. The van der Waals surface area contributed by atoms with Gasteiger partial charge in [0.2, 0.25) is 10.0 Å². The number of sulfonamides is 1. The first kappa shape index (κ1) is 17.9. The van der Waals surface area contributed by atoms with Gasteiger partial charge in [0.1, 0.15) is 12.4 Å². The maximum Gasteiger partial charge on any atom is 0.240 e. The zero-order chi connectivity index (χ0) is 15.6. The van der Waals surface area contributed by atoms with E-state index in [0.717, 1.165) is 6.42 Å². The Bertz CT molecular complexity index is 488. The normalized spacial score (nSPS) is 11.5. The molecular formula is C14H24N2O4S. The molecule has 0 aliphatic heterocycles. The summed E-state index contributed by atoms with van der Waals surface area (Å²) in [4.78, 5) is 0.220. The van der Waals surface area contributed by atoms with Crippen molar-refractivity contribution in [2.75, 3.05) is 32.9 Å². The zero-order valence-corrected chi connectivity index (χ0v) is 13.2. The molecule has 1 rings (SSSR count). The van der Waals surface area contributed by atoms with Crippen molar-refractivity contribution in [2.45, 2.75) is 24.7 Å². The Kier molecular flexibility index (Phi) is 8.29. The number of benzene rings is 1. The summed E-state index contributed by atoms with van der Waals surface area (Å²) in [5.74, 6) is 0.604. The molecule has 0 saturated heterocycles. The first-order chi connectivity index (χ1) is 10.1. The molecule has 0 bridgehead atoms. The molecule has 3 N–H and O–H groups in total. The second-order valence-corrected chi connectivity index (χ2v) is 6.24. The Morgan fingerprint density at radius 1 is 1.14 bits per heavy atom. The average molecular weight is 316 g/mol. The maximum absolute atomic E-state index is 12.0. The summed E-state index contributed by atoms with van der Waals surface area (Å²) in [6.07, 6.45) is 1.61. The molecule has 6 nitrogen and oxygen atoms in total. The van der Waals surface area contributed by atoms with Crippen molar-refractivity contribution < 1.29 is 17.9 Å². The third-order valence-corrected chi connectivity index (χ3v) is 4.10. The largest absolute Gasteiger partial charge is 0.492 e. The van der Waals surface area contributed by atoms with Gasteiger partial charge >= 0.3 is 0 Å². The molecule has 7 heteroatoms. The Labute approximate surface area is 126 Å². The first-order valence-electron chi connectivity index (χ1n) is 7.10. The second-order valence-electron chi connectivity index (χ2n) is 4.47. The standard InChI is InChI=1S/C14H24N2O4S/c1-2-10-19-11-3-9-16-21(17,18)14-6-4-13(5-7-14)20-12-8-15/h4-7,16H,2-3,8-12,15H2,1H3. The third-order valence-electron chi connectivity index (χ3n) is 2.63. The van der Waals surface area contributed by atoms with E-state index in [1.165, 1.54) is 12.1 Å². The molecule has 0 spiro atoms. The van der Waals surface area contributed by atoms with Crippen LogP contribution in [0.2, 0.25) is 0 Å². The minimum atomic E-state index is -3.48. The fraction of sp³-hybridized carbons (Fsp3) is 0.571. The average Bonchev–Trinajstić information content (AvgIpc) is 2.49. The van der Waals surface area contributed by atoms with E-state index in [1.54, 1.807) is 12.1 Å². The summed E-state index contributed by atoms with van der Waals surface area (Å²) >= 11 is 0. The van der Waals surface area contributed by atoms with Crippen molar-refractivity contribution in [2.24, 2.45) is 5.73 Å². The SMILES string of the molecule is CCCOCCCNS(=O)(=O)c1ccc(OCCN)cc1. The van der Waals surface area contributed by atoms with E-state index in [2.05, 4.69) is 4.72 Å². The molecule has 0 aliphatic carbocycles. The lowest BCUT2D eigenvalue weighted by Gasteiger charge is -2.08. The molecular weight excluding hydrogens is 292 g/mol. The molecule has 0 aromatic heterocycles. The highest BCUT2D eigenvalue weighted by Gasteiger charge is 2.12. The van der Waals surface area contributed by atoms with Crippen LogP contribution in [-0.2, 0) is 14.8 Å². The van der Waals surface area contributed by atoms with Crippen molar-refractivity contribution in [3.8, 4) is 5.75 Å². The smallest absolute Gasteiger partial charge is 0.240 e. The van der Waals surface area contributed by atoms with Crippen LogP contribution < -0.4 is 15.2 Å². The topological polar surface area (TPSA) is 90.6 Å². The van der Waals surface area contributed by atoms with Crippen molar-refractivity contribution in [1.82, 2.24) is 4.72 Å². The van der Waals surface area contributed by atoms with Crippen LogP contribution >= 0.6 is 0 Å². The van der Waals surface area contributed by atoms with Gasteiger partial charge in [-0.15, -0.1) is 0 Å². The van der Waals surface area contributed by atoms with E-state index < -0.39 is 10.0 Å². The summed E-state index contributed by atoms with van der Waals surface area (Å²) < 4.78 is 37.2. The van der Waals surface area contributed by atoms with Crippen molar-refractivity contribution >= 4 is 10.0 Å². The molecule has 0 radical (unpaired) electrons. The quantitative estimate of drug-likeness (QED) is 0.597. The van der Waals surface area contributed by atoms with E-state index in [0.29, 0.717) is 45.1 Å². The zero-order valence-electron chi connectivity index (χ0n) is 12.4. The number of ether oxygens (including phenoxy) is 2. The highest BCUT2D eigenvalue weighted by atomic mass is 32.2. The van der Waals surface area contributed by atoms with Crippen LogP contribution in [0.5, 0.6) is 5.75 Å².